The molecule has 20 heavy (non-hydrogen) atoms. The van der Waals surface area contributed by atoms with Crippen molar-refractivity contribution in [3.8, 4) is 0 Å². The van der Waals surface area contributed by atoms with Gasteiger partial charge in [-0.3, -0.25) is 0 Å². The summed E-state index contributed by atoms with van der Waals surface area (Å²) in [6, 6.07) is 12.0. The third-order valence-electron chi connectivity index (χ3n) is 2.64. The van der Waals surface area contributed by atoms with Gasteiger partial charge >= 0.3 is 117 Å². The molecule has 2 rings (SSSR count). The Balaban J connectivity index is 2.27. The van der Waals surface area contributed by atoms with E-state index in [1.807, 2.05) is 0 Å². The van der Waals surface area contributed by atoms with Gasteiger partial charge in [-0.15, -0.1) is 0 Å². The van der Waals surface area contributed by atoms with Gasteiger partial charge in [0.1, 0.15) is 0 Å². The van der Waals surface area contributed by atoms with Crippen LogP contribution in [-0.2, 0) is 3.74 Å². The predicted molar refractivity (Wildman–Crippen MR) is 73.6 cm³/mol. The van der Waals surface area contributed by atoms with E-state index in [1.54, 1.807) is 18.2 Å². The van der Waals surface area contributed by atoms with Gasteiger partial charge in [0.25, 0.3) is 0 Å². The number of nitrogens with one attached hydrogen (secondary N) is 1. The number of rotatable bonds is 4. The van der Waals surface area contributed by atoms with Gasteiger partial charge in [0.2, 0.25) is 0 Å². The molecule has 0 fully saturated rings. The Bertz CT molecular complexity index is 677. The van der Waals surface area contributed by atoms with Crippen LogP contribution in [0.3, 0.4) is 0 Å². The van der Waals surface area contributed by atoms with Gasteiger partial charge in [-0.2, -0.15) is 0 Å². The molecule has 7 heteroatoms. The summed E-state index contributed by atoms with van der Waals surface area (Å²) in [6.45, 7) is 0. The predicted octanol–water partition coefficient (Wildman–Crippen LogP) is 0.689. The van der Waals surface area contributed by atoms with E-state index < -0.39 is 20.1 Å². The van der Waals surface area contributed by atoms with Crippen LogP contribution in [0.4, 0.5) is 11.4 Å². The third-order valence-corrected chi connectivity index (χ3v) is 4.68. The van der Waals surface area contributed by atoms with Gasteiger partial charge in [0.15, 0.2) is 0 Å². The molecule has 6 nitrogen and oxygen atoms in total. The summed E-state index contributed by atoms with van der Waals surface area (Å²) >= 11 is -4.88. The fourth-order valence-electron chi connectivity index (χ4n) is 1.67. The van der Waals surface area contributed by atoms with Gasteiger partial charge in [-0.25, -0.2) is 0 Å². The Hall–Kier alpha value is -2.01. The van der Waals surface area contributed by atoms with Crippen molar-refractivity contribution >= 4 is 35.9 Å². The summed E-state index contributed by atoms with van der Waals surface area (Å²) in [5, 5.41) is 12.0. The fraction of sp³-hybridized carbons (Fsp3) is 0. The first-order chi connectivity index (χ1) is 9.38. The van der Waals surface area contributed by atoms with Crippen LogP contribution in [0.2, 0.25) is 0 Å². The molecule has 0 spiro atoms. The van der Waals surface area contributed by atoms with Crippen molar-refractivity contribution in [1.29, 1.82) is 0 Å². The first-order valence-electron chi connectivity index (χ1n) is 5.63. The van der Waals surface area contributed by atoms with Crippen LogP contribution in [0, 0.1) is 0 Å². The van der Waals surface area contributed by atoms with Crippen molar-refractivity contribution in [2.45, 2.75) is 0 Å². The molecule has 0 saturated heterocycles. The van der Waals surface area contributed by atoms with E-state index in [0.29, 0.717) is 11.4 Å². The molecule has 0 aliphatic heterocycles. The Morgan fingerprint density at radius 3 is 2.15 bits per heavy atom. The molecule has 0 aliphatic carbocycles. The Morgan fingerprint density at radius 1 is 1.00 bits per heavy atom. The van der Waals surface area contributed by atoms with Crippen LogP contribution in [0.15, 0.2) is 48.5 Å². The van der Waals surface area contributed by atoms with Gasteiger partial charge < -0.3 is 0 Å². The van der Waals surface area contributed by atoms with E-state index in [-0.39, 0.29) is 9.91 Å². The van der Waals surface area contributed by atoms with Crippen molar-refractivity contribution in [1.82, 2.24) is 0 Å². The van der Waals surface area contributed by atoms with Crippen LogP contribution >= 0.6 is 0 Å². The first kappa shape index (κ1) is 14.4. The molecule has 0 aliphatic rings. The number of carbonyl (C=O) groups is 1. The molecule has 0 radical (unpaired) electrons. The number of hydrogen-bond acceptors (Lipinski definition) is 3. The molecule has 0 unspecified atom stereocenters. The maximum atomic E-state index is 11.1. The van der Waals surface area contributed by atoms with E-state index in [0.717, 1.165) is 0 Å². The molecule has 2 aromatic carbocycles. The summed E-state index contributed by atoms with van der Waals surface area (Å²) in [5.41, 5.74) is 1.08. The van der Waals surface area contributed by atoms with Crippen molar-refractivity contribution in [3.05, 3.63) is 54.1 Å². The summed E-state index contributed by atoms with van der Waals surface area (Å²) in [5.74, 6) is -1.05. The summed E-state index contributed by atoms with van der Waals surface area (Å²) in [7, 11) is 0. The number of carboxylic acids is 1. The second-order valence-corrected chi connectivity index (χ2v) is 7.43. The van der Waals surface area contributed by atoms with E-state index in [2.05, 4.69) is 5.32 Å². The monoisotopic (exact) mass is 337 g/mol. The summed E-state index contributed by atoms with van der Waals surface area (Å²) in [6.07, 6.45) is 0. The number of benzene rings is 2. The van der Waals surface area contributed by atoms with Gasteiger partial charge in [-0.1, -0.05) is 0 Å². The number of anilines is 2. The Labute approximate surface area is 117 Å². The minimum atomic E-state index is -4.88. The van der Waals surface area contributed by atoms with Crippen LogP contribution in [0.1, 0.15) is 10.4 Å². The molecule has 0 heterocycles. The number of aromatic carboxylic acids is 1. The average Bonchev–Trinajstić information content (AvgIpc) is 2.38. The van der Waals surface area contributed by atoms with Crippen molar-refractivity contribution in [3.63, 3.8) is 0 Å². The fourth-order valence-corrected chi connectivity index (χ4v) is 2.80. The summed E-state index contributed by atoms with van der Waals surface area (Å²) < 4.78 is 29.2. The van der Waals surface area contributed by atoms with Crippen LogP contribution in [0.25, 0.3) is 0 Å². The number of hydrogen-bond donors (Lipinski definition) is 4. The van der Waals surface area contributed by atoms with E-state index >= 15 is 0 Å². The van der Waals surface area contributed by atoms with Crippen molar-refractivity contribution in [2.75, 3.05) is 5.32 Å². The van der Waals surface area contributed by atoms with Gasteiger partial charge in [0.05, 0.1) is 0 Å². The van der Waals surface area contributed by atoms with E-state index in [4.69, 9.17) is 13.3 Å². The molecule has 0 amide bonds. The summed E-state index contributed by atoms with van der Waals surface area (Å²) in [4.78, 5) is 11.1. The molecule has 0 bridgehead atoms. The van der Waals surface area contributed by atoms with Crippen LogP contribution < -0.4 is 9.67 Å². The number of para-hydroxylation sites is 1. The first-order valence-corrected chi connectivity index (χ1v) is 9.02. The maximum absolute atomic E-state index is 11.1. The Morgan fingerprint density at radius 2 is 1.60 bits per heavy atom. The zero-order valence-corrected chi connectivity index (χ0v) is 12.1. The van der Waals surface area contributed by atoms with Crippen molar-refractivity contribution in [2.24, 2.45) is 0 Å². The average molecular weight is 337 g/mol. The van der Waals surface area contributed by atoms with Crippen LogP contribution in [0.5, 0.6) is 0 Å². The molecule has 0 aromatic heterocycles. The second-order valence-electron chi connectivity index (χ2n) is 4.07. The van der Waals surface area contributed by atoms with Gasteiger partial charge in [0, 0.05) is 0 Å². The minimum absolute atomic E-state index is 0.0276. The van der Waals surface area contributed by atoms with E-state index in [1.165, 1.54) is 30.3 Å². The van der Waals surface area contributed by atoms with Crippen LogP contribution in [-0.4, -0.2) is 33.4 Å². The molecule has 104 valence electrons. The molecular weight excluding hydrogens is 325 g/mol. The standard InChI is InChI=1S/C13H12AsNO5/c16-13(17)11-3-1-2-4-12(11)15-10-7-5-9(6-8-10)14(18,19)20/h1-8,15H,(H,16,17)(H2,18,19,20). The topological polar surface area (TPSA) is 107 Å². The SMILES string of the molecule is O=C(O)c1ccccc1Nc1ccc([As](=O)(O)O)cc1. The Kier molecular flexibility index (Phi) is 3.99. The van der Waals surface area contributed by atoms with Crippen molar-refractivity contribution < 1.29 is 21.8 Å². The molecule has 4 N–H and O–H groups in total. The molecule has 0 saturated carbocycles. The molecule has 0 atom stereocenters. The molecule has 2 aromatic rings. The van der Waals surface area contributed by atoms with E-state index in [9.17, 15) is 8.53 Å². The zero-order valence-electron chi connectivity index (χ0n) is 10.2. The second kappa shape index (κ2) is 5.54. The third kappa shape index (κ3) is 3.30. The van der Waals surface area contributed by atoms with Gasteiger partial charge in [-0.05, 0) is 0 Å². The molecular formula is C13H12AsNO5. The zero-order chi connectivity index (χ0) is 14.8. The quantitative estimate of drug-likeness (QED) is 0.612. The normalized spacial score (nSPS) is 11.1. The number of carboxylic acid groups (broad SMARTS) is 1.